The summed E-state index contributed by atoms with van der Waals surface area (Å²) in [6, 6.07) is 11.5. The van der Waals surface area contributed by atoms with Crippen LogP contribution >= 0.6 is 0 Å². The van der Waals surface area contributed by atoms with Crippen molar-refractivity contribution in [2.75, 3.05) is 50.8 Å². The van der Waals surface area contributed by atoms with Crippen LogP contribution in [0.5, 0.6) is 0 Å². The Morgan fingerprint density at radius 2 is 1.31 bits per heavy atom. The molecule has 194 valence electrons. The van der Waals surface area contributed by atoms with Crippen molar-refractivity contribution in [1.82, 2.24) is 14.7 Å². The fourth-order valence-corrected chi connectivity index (χ4v) is 7.23. The highest BCUT2D eigenvalue weighted by Gasteiger charge is 2.53. The van der Waals surface area contributed by atoms with Gasteiger partial charge in [0.05, 0.1) is 6.67 Å². The molecule has 5 heteroatoms. The Kier molecular flexibility index (Phi) is 8.67. The van der Waals surface area contributed by atoms with E-state index in [2.05, 4.69) is 49.9 Å². The molecule has 1 aromatic rings. The summed E-state index contributed by atoms with van der Waals surface area (Å²) in [6.07, 6.45) is 18.5. The minimum Gasteiger partial charge on any atom is -0.339 e. The van der Waals surface area contributed by atoms with Crippen molar-refractivity contribution in [2.45, 2.75) is 101 Å². The van der Waals surface area contributed by atoms with Crippen molar-refractivity contribution in [2.24, 2.45) is 0 Å². The minimum atomic E-state index is -0.351. The van der Waals surface area contributed by atoms with Gasteiger partial charge in [0.25, 0.3) is 0 Å². The number of carbonyl (C=O) groups excluding carboxylic acids is 1. The lowest BCUT2D eigenvalue weighted by Crippen LogP contribution is -2.58. The maximum atomic E-state index is 14.1. The van der Waals surface area contributed by atoms with Gasteiger partial charge in [0.2, 0.25) is 5.91 Å². The third-order valence-corrected chi connectivity index (χ3v) is 9.43. The number of benzene rings is 1. The molecule has 35 heavy (non-hydrogen) atoms. The lowest BCUT2D eigenvalue weighted by atomic mass is 9.84. The summed E-state index contributed by atoms with van der Waals surface area (Å²) in [5.74, 6) is 0.393. The molecule has 0 bridgehead atoms. The molecule has 1 saturated carbocycles. The van der Waals surface area contributed by atoms with E-state index in [-0.39, 0.29) is 5.54 Å². The second-order valence-corrected chi connectivity index (χ2v) is 11.6. The first-order chi connectivity index (χ1) is 17.3. The van der Waals surface area contributed by atoms with Crippen molar-refractivity contribution in [3.8, 4) is 0 Å². The lowest BCUT2D eigenvalue weighted by molar-refractivity contribution is -0.134. The molecular weight excluding hydrogens is 432 g/mol. The van der Waals surface area contributed by atoms with Gasteiger partial charge in [-0.25, -0.2) is 0 Å². The molecule has 1 amide bonds. The molecule has 1 spiro atoms. The molecule has 0 N–H and O–H groups in total. The zero-order valence-corrected chi connectivity index (χ0v) is 22.0. The van der Waals surface area contributed by atoms with E-state index in [1.54, 1.807) is 0 Å². The third-order valence-electron chi connectivity index (χ3n) is 9.43. The number of hydrogen-bond donors (Lipinski definition) is 0. The van der Waals surface area contributed by atoms with E-state index in [0.29, 0.717) is 5.91 Å². The number of carbonyl (C=O) groups is 1. The molecule has 4 fully saturated rings. The molecular formula is C30H48N4O. The molecule has 5 rings (SSSR count). The first-order valence-electron chi connectivity index (χ1n) is 14.8. The summed E-state index contributed by atoms with van der Waals surface area (Å²) in [4.78, 5) is 24.0. The van der Waals surface area contributed by atoms with Gasteiger partial charge in [-0.3, -0.25) is 4.79 Å². The van der Waals surface area contributed by atoms with Crippen LogP contribution in [0.4, 0.5) is 5.69 Å². The molecule has 0 aromatic heterocycles. The van der Waals surface area contributed by atoms with Crippen molar-refractivity contribution in [3.05, 3.63) is 30.3 Å². The van der Waals surface area contributed by atoms with Gasteiger partial charge in [-0.15, -0.1) is 0 Å². The number of amides is 1. The first-order valence-corrected chi connectivity index (χ1v) is 14.8. The second-order valence-electron chi connectivity index (χ2n) is 11.6. The average molecular weight is 481 g/mol. The molecule has 4 aliphatic rings. The van der Waals surface area contributed by atoms with Crippen LogP contribution in [0.1, 0.15) is 89.9 Å². The largest absolute Gasteiger partial charge is 0.339 e. The SMILES string of the molecule is O=C1N(CCN2CCCCC2)CN(c2ccccc2)C12CCN(C1CCCCCCCCC1)CC2. The number of likely N-dealkylation sites (tertiary alicyclic amines) is 2. The van der Waals surface area contributed by atoms with E-state index < -0.39 is 0 Å². The molecule has 0 unspecified atom stereocenters. The predicted octanol–water partition coefficient (Wildman–Crippen LogP) is 5.51. The van der Waals surface area contributed by atoms with Gasteiger partial charge in [0.15, 0.2) is 0 Å². The van der Waals surface area contributed by atoms with Crippen LogP contribution in [0.3, 0.4) is 0 Å². The maximum Gasteiger partial charge on any atom is 0.250 e. The summed E-state index contributed by atoms with van der Waals surface area (Å²) in [5.41, 5.74) is 0.865. The van der Waals surface area contributed by atoms with Crippen molar-refractivity contribution in [3.63, 3.8) is 0 Å². The van der Waals surface area contributed by atoms with E-state index in [9.17, 15) is 4.79 Å². The van der Waals surface area contributed by atoms with Gasteiger partial charge < -0.3 is 19.6 Å². The Hall–Kier alpha value is -1.59. The van der Waals surface area contributed by atoms with Crippen molar-refractivity contribution < 1.29 is 4.79 Å². The summed E-state index contributed by atoms with van der Waals surface area (Å²) < 4.78 is 0. The van der Waals surface area contributed by atoms with Crippen LogP contribution in [-0.2, 0) is 4.79 Å². The van der Waals surface area contributed by atoms with Gasteiger partial charge in [0, 0.05) is 37.9 Å². The van der Waals surface area contributed by atoms with E-state index >= 15 is 0 Å². The van der Waals surface area contributed by atoms with Gasteiger partial charge in [-0.2, -0.15) is 0 Å². The van der Waals surface area contributed by atoms with Crippen molar-refractivity contribution >= 4 is 11.6 Å². The standard InChI is InChI=1S/C30H48N4O/c35-29-30(18-22-32(23-19-30)27-14-8-4-2-1-3-5-9-15-27)34(28-16-10-6-11-17-28)26-33(29)25-24-31-20-12-7-13-21-31/h6,10-11,16-17,27H,1-5,7-9,12-15,18-26H2. The zero-order valence-electron chi connectivity index (χ0n) is 22.0. The lowest BCUT2D eigenvalue weighted by Gasteiger charge is -2.45. The summed E-state index contributed by atoms with van der Waals surface area (Å²) in [7, 11) is 0. The quantitative estimate of drug-likeness (QED) is 0.556. The normalized spacial score (nSPS) is 25.9. The number of rotatable bonds is 5. The van der Waals surface area contributed by atoms with Crippen LogP contribution in [0.15, 0.2) is 30.3 Å². The topological polar surface area (TPSA) is 30.0 Å². The highest BCUT2D eigenvalue weighted by Crippen LogP contribution is 2.40. The number of nitrogens with zero attached hydrogens (tertiary/aromatic N) is 4. The summed E-state index contributed by atoms with van der Waals surface area (Å²) in [5, 5.41) is 0. The van der Waals surface area contributed by atoms with Gasteiger partial charge in [-0.05, 0) is 63.7 Å². The van der Waals surface area contributed by atoms with Crippen LogP contribution < -0.4 is 4.90 Å². The third kappa shape index (κ3) is 5.88. The molecule has 3 saturated heterocycles. The fraction of sp³-hybridized carbons (Fsp3) is 0.767. The predicted molar refractivity (Wildman–Crippen MR) is 145 cm³/mol. The minimum absolute atomic E-state index is 0.351. The number of hydrogen-bond acceptors (Lipinski definition) is 4. The Morgan fingerprint density at radius 1 is 0.714 bits per heavy atom. The number of piperidine rings is 2. The van der Waals surface area contributed by atoms with Gasteiger partial charge in [0.1, 0.15) is 5.54 Å². The molecule has 3 aliphatic heterocycles. The molecule has 5 nitrogen and oxygen atoms in total. The Bertz CT molecular complexity index is 775. The first kappa shape index (κ1) is 25.1. The zero-order chi connectivity index (χ0) is 23.9. The second kappa shape index (κ2) is 12.1. The molecule has 0 radical (unpaired) electrons. The maximum absolute atomic E-state index is 14.1. The van der Waals surface area contributed by atoms with Crippen LogP contribution in [-0.4, -0.2) is 78.1 Å². The Morgan fingerprint density at radius 3 is 1.97 bits per heavy atom. The van der Waals surface area contributed by atoms with Crippen LogP contribution in [0.25, 0.3) is 0 Å². The summed E-state index contributed by atoms with van der Waals surface area (Å²) >= 11 is 0. The highest BCUT2D eigenvalue weighted by molar-refractivity contribution is 5.93. The molecule has 3 heterocycles. The van der Waals surface area contributed by atoms with E-state index in [0.717, 1.165) is 51.7 Å². The Balaban J connectivity index is 1.27. The summed E-state index contributed by atoms with van der Waals surface area (Å²) in [6.45, 7) is 7.19. The van der Waals surface area contributed by atoms with Crippen LogP contribution in [0.2, 0.25) is 0 Å². The van der Waals surface area contributed by atoms with E-state index in [1.807, 2.05) is 0 Å². The molecule has 0 atom stereocenters. The van der Waals surface area contributed by atoms with Gasteiger partial charge >= 0.3 is 0 Å². The van der Waals surface area contributed by atoms with Gasteiger partial charge in [-0.1, -0.05) is 69.6 Å². The molecule has 1 aromatic carbocycles. The average Bonchev–Trinajstić information content (AvgIpc) is 3.18. The van der Waals surface area contributed by atoms with Crippen molar-refractivity contribution in [1.29, 1.82) is 0 Å². The monoisotopic (exact) mass is 480 g/mol. The molecule has 1 aliphatic carbocycles. The fourth-order valence-electron chi connectivity index (χ4n) is 7.23. The van der Waals surface area contributed by atoms with E-state index in [4.69, 9.17) is 0 Å². The number of anilines is 1. The van der Waals surface area contributed by atoms with Crippen LogP contribution in [0, 0.1) is 0 Å². The smallest absolute Gasteiger partial charge is 0.250 e. The van der Waals surface area contributed by atoms with E-state index in [1.165, 1.54) is 95.8 Å². The number of para-hydroxylation sites is 1. The highest BCUT2D eigenvalue weighted by atomic mass is 16.2. The Labute approximate surface area is 213 Å².